The number of aromatic nitrogens is 1. The van der Waals surface area contributed by atoms with Gasteiger partial charge in [-0.05, 0) is 48.3 Å². The van der Waals surface area contributed by atoms with Gasteiger partial charge in [-0.25, -0.2) is 9.78 Å². The van der Waals surface area contributed by atoms with Gasteiger partial charge in [-0.2, -0.15) is 0 Å². The van der Waals surface area contributed by atoms with Gasteiger partial charge in [-0.1, -0.05) is 13.8 Å². The van der Waals surface area contributed by atoms with E-state index in [-0.39, 0.29) is 12.4 Å². The topological polar surface area (TPSA) is 89.0 Å². The van der Waals surface area contributed by atoms with Crippen molar-refractivity contribution in [1.29, 1.82) is 0 Å². The molecule has 1 atom stereocenters. The Morgan fingerprint density at radius 2 is 2.13 bits per heavy atom. The number of aromatic hydroxyl groups is 1. The molecule has 31 heavy (non-hydrogen) atoms. The average Bonchev–Trinajstić information content (AvgIpc) is 3.09. The summed E-state index contributed by atoms with van der Waals surface area (Å²) in [5.41, 5.74) is 5.17. The third-order valence-electron chi connectivity index (χ3n) is 6.48. The molecule has 0 amide bonds. The molecule has 4 heterocycles. The van der Waals surface area contributed by atoms with Gasteiger partial charge < -0.3 is 19.5 Å². The number of hydrogen-bond donors (Lipinski definition) is 1. The van der Waals surface area contributed by atoms with E-state index in [0.29, 0.717) is 25.1 Å². The lowest BCUT2D eigenvalue weighted by molar-refractivity contribution is -0.178. The van der Waals surface area contributed by atoms with Crippen LogP contribution in [0.2, 0.25) is 0 Å². The minimum atomic E-state index is -1.42. The van der Waals surface area contributed by atoms with Crippen molar-refractivity contribution < 1.29 is 24.2 Å². The van der Waals surface area contributed by atoms with E-state index in [1.807, 2.05) is 19.1 Å². The summed E-state index contributed by atoms with van der Waals surface area (Å²) in [6, 6.07) is 5.24. The average molecular weight is 420 g/mol. The smallest absolute Gasteiger partial charge is 0.355 e. The molecule has 3 aliphatic heterocycles. The van der Waals surface area contributed by atoms with Crippen LogP contribution in [0.5, 0.6) is 5.75 Å². The third kappa shape index (κ3) is 2.76. The second kappa shape index (κ2) is 6.83. The molecule has 0 aliphatic carbocycles. The molecule has 1 unspecified atom stereocenters. The molecule has 5 rings (SSSR count). The summed E-state index contributed by atoms with van der Waals surface area (Å²) < 4.78 is 11.0. The van der Waals surface area contributed by atoms with Crippen LogP contribution in [0.15, 0.2) is 35.4 Å². The molecule has 7 nitrogen and oxygen atoms in total. The van der Waals surface area contributed by atoms with Gasteiger partial charge in [0.15, 0.2) is 0 Å². The zero-order chi connectivity index (χ0) is 21.9. The number of carbonyl (C=O) groups is 2. The summed E-state index contributed by atoms with van der Waals surface area (Å²) in [4.78, 5) is 31.8. The Hall–Kier alpha value is -3.35. The van der Waals surface area contributed by atoms with Crippen molar-refractivity contribution >= 4 is 28.5 Å². The highest BCUT2D eigenvalue weighted by Gasteiger charge is 2.51. The van der Waals surface area contributed by atoms with Crippen molar-refractivity contribution in [3.8, 4) is 5.75 Å². The minimum Gasteiger partial charge on any atom is -0.508 e. The summed E-state index contributed by atoms with van der Waals surface area (Å²) in [6.07, 6.45) is 3.06. The first-order chi connectivity index (χ1) is 14.9. The van der Waals surface area contributed by atoms with Gasteiger partial charge in [-0.15, -0.1) is 0 Å². The van der Waals surface area contributed by atoms with Crippen LogP contribution in [0.1, 0.15) is 44.0 Å². The van der Waals surface area contributed by atoms with Crippen LogP contribution in [0.3, 0.4) is 0 Å². The molecule has 0 radical (unpaired) electrons. The Labute approximate surface area is 180 Å². The number of rotatable bonds is 3. The van der Waals surface area contributed by atoms with E-state index in [2.05, 4.69) is 11.8 Å². The number of ether oxygens (including phenoxy) is 2. The normalized spacial score (nSPS) is 22.0. The van der Waals surface area contributed by atoms with E-state index in [1.165, 1.54) is 12.5 Å². The van der Waals surface area contributed by atoms with Gasteiger partial charge in [0.1, 0.15) is 12.4 Å². The van der Waals surface area contributed by atoms with E-state index >= 15 is 0 Å². The first kappa shape index (κ1) is 19.6. The standard InChI is InChI=1S/C24H24N2O5/c1-4-16-17-8-15(28)6-7-20(17)25-22-18(16)11-26-10-14-12-30-23(29)24(5-2,31-13(3)27)19(14)9-21(22)26/h6-9,28H,4-5,10-12H2,1-3H3. The molecule has 1 N–H and O–H groups in total. The van der Waals surface area contributed by atoms with Gasteiger partial charge in [0.2, 0.25) is 5.60 Å². The van der Waals surface area contributed by atoms with Crippen LogP contribution < -0.4 is 0 Å². The maximum atomic E-state index is 12.8. The van der Waals surface area contributed by atoms with Crippen molar-refractivity contribution in [2.24, 2.45) is 0 Å². The van der Waals surface area contributed by atoms with Crippen molar-refractivity contribution in [1.82, 2.24) is 9.88 Å². The molecule has 3 aliphatic rings. The summed E-state index contributed by atoms with van der Waals surface area (Å²) >= 11 is 0. The predicted molar refractivity (Wildman–Crippen MR) is 114 cm³/mol. The number of carbonyl (C=O) groups excluding carboxylic acids is 2. The zero-order valence-corrected chi connectivity index (χ0v) is 17.8. The summed E-state index contributed by atoms with van der Waals surface area (Å²) in [6.45, 7) is 6.70. The van der Waals surface area contributed by atoms with Crippen LogP contribution in [0, 0.1) is 0 Å². The fraction of sp³-hybridized carbons (Fsp3) is 0.375. The fourth-order valence-corrected chi connectivity index (χ4v) is 5.08. The van der Waals surface area contributed by atoms with Crippen molar-refractivity contribution in [3.63, 3.8) is 0 Å². The van der Waals surface area contributed by atoms with Crippen LogP contribution in [-0.4, -0.2) is 45.7 Å². The van der Waals surface area contributed by atoms with E-state index in [0.717, 1.165) is 39.9 Å². The van der Waals surface area contributed by atoms with Crippen LogP contribution >= 0.6 is 0 Å². The molecule has 0 saturated heterocycles. The molecule has 160 valence electrons. The summed E-state index contributed by atoms with van der Waals surface area (Å²) in [5, 5.41) is 10.9. The van der Waals surface area contributed by atoms with Gasteiger partial charge in [0.25, 0.3) is 0 Å². The number of esters is 2. The van der Waals surface area contributed by atoms with Crippen LogP contribution in [-0.2, 0) is 32.0 Å². The summed E-state index contributed by atoms with van der Waals surface area (Å²) in [7, 11) is 0. The second-order valence-electron chi connectivity index (χ2n) is 8.23. The SMILES string of the molecule is CCc1c2c(nc3ccc(O)cc13)C1=CC3=C(COC(=O)C3(CC)OC(C)=O)CN1C2. The Morgan fingerprint density at radius 1 is 1.32 bits per heavy atom. The van der Waals surface area contributed by atoms with E-state index in [1.54, 1.807) is 12.1 Å². The number of nitrogens with zero attached hydrogens (tertiary/aromatic N) is 2. The number of phenolic OH excluding ortho intramolecular Hbond substituents is 1. The lowest BCUT2D eigenvalue weighted by Gasteiger charge is -2.40. The molecular weight excluding hydrogens is 396 g/mol. The number of cyclic esters (lactones) is 1. The maximum absolute atomic E-state index is 12.8. The number of hydrogen-bond acceptors (Lipinski definition) is 7. The highest BCUT2D eigenvalue weighted by Crippen LogP contribution is 2.45. The van der Waals surface area contributed by atoms with Gasteiger partial charge in [0.05, 0.1) is 16.9 Å². The number of phenols is 1. The lowest BCUT2D eigenvalue weighted by atomic mass is 9.82. The van der Waals surface area contributed by atoms with E-state index < -0.39 is 17.5 Å². The first-order valence-electron chi connectivity index (χ1n) is 10.6. The molecule has 1 aromatic carbocycles. The highest BCUT2D eigenvalue weighted by atomic mass is 16.6. The molecule has 0 fully saturated rings. The molecule has 0 saturated carbocycles. The van der Waals surface area contributed by atoms with Crippen molar-refractivity contribution in [3.05, 3.63) is 52.2 Å². The Balaban J connectivity index is 1.71. The highest BCUT2D eigenvalue weighted by molar-refractivity contribution is 5.93. The molecular formula is C24H24N2O5. The Kier molecular flexibility index (Phi) is 4.32. The largest absolute Gasteiger partial charge is 0.508 e. The summed E-state index contributed by atoms with van der Waals surface area (Å²) in [5.74, 6) is -0.818. The Bertz CT molecular complexity index is 1210. The zero-order valence-electron chi connectivity index (χ0n) is 17.8. The van der Waals surface area contributed by atoms with E-state index in [9.17, 15) is 14.7 Å². The van der Waals surface area contributed by atoms with Gasteiger partial charge >= 0.3 is 11.9 Å². The van der Waals surface area contributed by atoms with Crippen molar-refractivity contribution in [2.45, 2.75) is 45.8 Å². The number of pyridine rings is 1. The fourth-order valence-electron chi connectivity index (χ4n) is 5.08. The quantitative estimate of drug-likeness (QED) is 0.763. The number of aryl methyl sites for hydroxylation is 1. The lowest BCUT2D eigenvalue weighted by Crippen LogP contribution is -2.50. The monoisotopic (exact) mass is 420 g/mol. The maximum Gasteiger partial charge on any atom is 0.355 e. The number of benzene rings is 1. The third-order valence-corrected chi connectivity index (χ3v) is 6.48. The first-order valence-corrected chi connectivity index (χ1v) is 10.6. The van der Waals surface area contributed by atoms with Crippen LogP contribution in [0.4, 0.5) is 0 Å². The van der Waals surface area contributed by atoms with Gasteiger partial charge in [-0.3, -0.25) is 4.79 Å². The van der Waals surface area contributed by atoms with Crippen LogP contribution in [0.25, 0.3) is 16.6 Å². The molecule has 1 aromatic heterocycles. The number of fused-ring (bicyclic) bond motifs is 4. The van der Waals surface area contributed by atoms with Crippen molar-refractivity contribution in [2.75, 3.05) is 13.2 Å². The molecule has 0 bridgehead atoms. The van der Waals surface area contributed by atoms with Gasteiger partial charge in [0, 0.05) is 36.5 Å². The minimum absolute atomic E-state index is 0.192. The molecule has 0 spiro atoms. The second-order valence-corrected chi connectivity index (χ2v) is 8.23. The molecule has 7 heteroatoms. The van der Waals surface area contributed by atoms with E-state index in [4.69, 9.17) is 14.5 Å². The Morgan fingerprint density at radius 3 is 2.84 bits per heavy atom. The predicted octanol–water partition coefficient (Wildman–Crippen LogP) is 3.24. The molecule has 2 aromatic rings.